The molecule has 0 spiro atoms. The van der Waals surface area contributed by atoms with E-state index in [2.05, 4.69) is 7.85 Å². The maximum atomic E-state index is 13.4. The van der Waals surface area contributed by atoms with Gasteiger partial charge in [-0.05, 0) is 24.5 Å². The third kappa shape index (κ3) is 8.08. The Kier molecular flexibility index (Phi) is 9.48. The van der Waals surface area contributed by atoms with E-state index in [1.165, 1.54) is 57.7 Å². The molecule has 0 aromatic heterocycles. The molecule has 0 N–H and O–H groups in total. The number of hydrogen-bond acceptors (Lipinski definition) is 0. The molecule has 19 heavy (non-hydrogen) atoms. The summed E-state index contributed by atoms with van der Waals surface area (Å²) in [5, 5.41) is 0. The van der Waals surface area contributed by atoms with Crippen molar-refractivity contribution in [2.45, 2.75) is 70.5 Å². The fourth-order valence-corrected chi connectivity index (χ4v) is 2.50. The number of unbranched alkanes of at least 4 members (excludes halogenated alkanes) is 8. The van der Waals surface area contributed by atoms with Gasteiger partial charge in [-0.25, -0.2) is 4.39 Å². The molecule has 0 aliphatic heterocycles. The minimum Gasteiger partial charge on any atom is -0.207 e. The predicted molar refractivity (Wildman–Crippen MR) is 85.0 cm³/mol. The number of halogens is 1. The topological polar surface area (TPSA) is 0 Å². The molecule has 0 aliphatic rings. The highest BCUT2D eigenvalue weighted by molar-refractivity contribution is 6.08. The smallest absolute Gasteiger partial charge is 0.126 e. The third-order valence-electron chi connectivity index (χ3n) is 3.76. The first-order valence-electron chi connectivity index (χ1n) is 8.08. The largest absolute Gasteiger partial charge is 0.207 e. The van der Waals surface area contributed by atoms with Crippen LogP contribution in [0.2, 0.25) is 6.32 Å². The van der Waals surface area contributed by atoms with Crippen molar-refractivity contribution in [3.05, 3.63) is 35.6 Å². The SMILES string of the molecule is BCCCCCCCCCCCc1ccccc1F. The second kappa shape index (κ2) is 11.1. The van der Waals surface area contributed by atoms with Gasteiger partial charge in [0.25, 0.3) is 0 Å². The maximum Gasteiger partial charge on any atom is 0.126 e. The lowest BCUT2D eigenvalue weighted by atomic mass is 9.98. The number of hydrogen-bond donors (Lipinski definition) is 0. The molecule has 0 fully saturated rings. The fraction of sp³-hybridized carbons (Fsp3) is 0.647. The summed E-state index contributed by atoms with van der Waals surface area (Å²) >= 11 is 0. The summed E-state index contributed by atoms with van der Waals surface area (Å²) < 4.78 is 13.4. The molecule has 1 aromatic rings. The van der Waals surface area contributed by atoms with Crippen LogP contribution in [-0.4, -0.2) is 7.85 Å². The van der Waals surface area contributed by atoms with Crippen molar-refractivity contribution < 1.29 is 4.39 Å². The highest BCUT2D eigenvalue weighted by atomic mass is 19.1. The van der Waals surface area contributed by atoms with E-state index < -0.39 is 0 Å². The lowest BCUT2D eigenvalue weighted by molar-refractivity contribution is 0.557. The molecule has 0 heterocycles. The second-order valence-electron chi connectivity index (χ2n) is 5.52. The molecule has 1 aromatic carbocycles. The molecule has 106 valence electrons. The highest BCUT2D eigenvalue weighted by Crippen LogP contribution is 2.13. The molecule has 0 saturated carbocycles. The fourth-order valence-electron chi connectivity index (χ4n) is 2.50. The van der Waals surface area contributed by atoms with Crippen LogP contribution in [0, 0.1) is 5.82 Å². The summed E-state index contributed by atoms with van der Waals surface area (Å²) in [7, 11) is 2.26. The van der Waals surface area contributed by atoms with Gasteiger partial charge in [-0.3, -0.25) is 0 Å². The van der Waals surface area contributed by atoms with Gasteiger partial charge in [0, 0.05) is 0 Å². The van der Waals surface area contributed by atoms with Crippen LogP contribution in [0.25, 0.3) is 0 Å². The molecule has 0 amide bonds. The van der Waals surface area contributed by atoms with Crippen molar-refractivity contribution in [3.63, 3.8) is 0 Å². The van der Waals surface area contributed by atoms with Crippen molar-refractivity contribution in [1.29, 1.82) is 0 Å². The van der Waals surface area contributed by atoms with Crippen molar-refractivity contribution in [2.24, 2.45) is 0 Å². The second-order valence-corrected chi connectivity index (χ2v) is 5.52. The Hall–Kier alpha value is -0.785. The van der Waals surface area contributed by atoms with E-state index in [1.54, 1.807) is 12.1 Å². The van der Waals surface area contributed by atoms with Gasteiger partial charge in [-0.2, -0.15) is 0 Å². The van der Waals surface area contributed by atoms with E-state index in [9.17, 15) is 4.39 Å². The van der Waals surface area contributed by atoms with Gasteiger partial charge in [0.1, 0.15) is 13.7 Å². The molecule has 1 rings (SSSR count). The van der Waals surface area contributed by atoms with Gasteiger partial charge >= 0.3 is 0 Å². The van der Waals surface area contributed by atoms with E-state index >= 15 is 0 Å². The van der Waals surface area contributed by atoms with Crippen molar-refractivity contribution >= 4 is 7.85 Å². The summed E-state index contributed by atoms with van der Waals surface area (Å²) in [5.74, 6) is -0.0431. The number of rotatable bonds is 11. The van der Waals surface area contributed by atoms with Gasteiger partial charge in [-0.1, -0.05) is 75.9 Å². The Morgan fingerprint density at radius 3 is 1.84 bits per heavy atom. The Labute approximate surface area is 119 Å². The number of aryl methyl sites for hydroxylation is 1. The summed E-state index contributed by atoms with van der Waals surface area (Å²) in [5.41, 5.74) is 0.877. The normalized spacial score (nSPS) is 10.8. The Bertz CT molecular complexity index is 325. The average molecular weight is 262 g/mol. The van der Waals surface area contributed by atoms with Gasteiger partial charge in [-0.15, -0.1) is 0 Å². The molecule has 0 bridgehead atoms. The van der Waals surface area contributed by atoms with Gasteiger partial charge < -0.3 is 0 Å². The minimum atomic E-state index is -0.0431. The van der Waals surface area contributed by atoms with Crippen LogP contribution in [0.1, 0.15) is 63.4 Å². The molecule has 0 saturated heterocycles. The third-order valence-corrected chi connectivity index (χ3v) is 3.76. The predicted octanol–water partition coefficient (Wildman–Crippen LogP) is 4.93. The van der Waals surface area contributed by atoms with Gasteiger partial charge in [0.15, 0.2) is 0 Å². The summed E-state index contributed by atoms with van der Waals surface area (Å²) in [6.45, 7) is 0. The van der Waals surface area contributed by atoms with Gasteiger partial charge in [0.05, 0.1) is 0 Å². The van der Waals surface area contributed by atoms with E-state index in [4.69, 9.17) is 0 Å². The molecular weight excluding hydrogens is 234 g/mol. The van der Waals surface area contributed by atoms with E-state index in [1.807, 2.05) is 12.1 Å². The first-order valence-corrected chi connectivity index (χ1v) is 8.08. The summed E-state index contributed by atoms with van der Waals surface area (Å²) in [6.07, 6.45) is 14.2. The summed E-state index contributed by atoms with van der Waals surface area (Å²) in [4.78, 5) is 0. The standard InChI is InChI=1S/C17H28BF/c18-15-11-7-5-3-1-2-4-6-8-12-16-13-9-10-14-17(16)19/h9-10,13-14H,1-8,11-12,15,18H2. The number of benzene rings is 1. The highest BCUT2D eigenvalue weighted by Gasteiger charge is 1.99. The Morgan fingerprint density at radius 2 is 1.26 bits per heavy atom. The first kappa shape index (κ1) is 16.3. The monoisotopic (exact) mass is 262 g/mol. The molecule has 0 radical (unpaired) electrons. The molecular formula is C17H28BF. The molecule has 2 heteroatoms. The van der Waals surface area contributed by atoms with Crippen molar-refractivity contribution in [3.8, 4) is 0 Å². The van der Waals surface area contributed by atoms with Crippen LogP contribution in [0.3, 0.4) is 0 Å². The van der Waals surface area contributed by atoms with Crippen LogP contribution in [0.5, 0.6) is 0 Å². The van der Waals surface area contributed by atoms with Crippen LogP contribution in [0.4, 0.5) is 4.39 Å². The molecule has 0 aliphatic carbocycles. The lowest BCUT2D eigenvalue weighted by Gasteiger charge is -2.04. The van der Waals surface area contributed by atoms with Crippen LogP contribution < -0.4 is 0 Å². The van der Waals surface area contributed by atoms with Crippen LogP contribution >= 0.6 is 0 Å². The maximum absolute atomic E-state index is 13.4. The average Bonchev–Trinajstić information content (AvgIpc) is 2.43. The molecule has 0 unspecified atom stereocenters. The zero-order valence-electron chi connectivity index (χ0n) is 12.5. The minimum absolute atomic E-state index is 0.0431. The van der Waals surface area contributed by atoms with Crippen molar-refractivity contribution in [1.82, 2.24) is 0 Å². The molecule has 0 nitrogen and oxygen atoms in total. The van der Waals surface area contributed by atoms with Crippen molar-refractivity contribution in [2.75, 3.05) is 0 Å². The van der Waals surface area contributed by atoms with Gasteiger partial charge in [0.2, 0.25) is 0 Å². The zero-order chi connectivity index (χ0) is 13.8. The van der Waals surface area contributed by atoms with E-state index in [0.717, 1.165) is 18.4 Å². The van der Waals surface area contributed by atoms with E-state index in [-0.39, 0.29) is 5.82 Å². The quantitative estimate of drug-likeness (QED) is 0.392. The Balaban J connectivity index is 1.90. The zero-order valence-corrected chi connectivity index (χ0v) is 12.5. The summed E-state index contributed by atoms with van der Waals surface area (Å²) in [6, 6.07) is 7.15. The van der Waals surface area contributed by atoms with Crippen LogP contribution in [-0.2, 0) is 6.42 Å². The molecule has 0 atom stereocenters. The first-order chi connectivity index (χ1) is 9.34. The van der Waals surface area contributed by atoms with Crippen LogP contribution in [0.15, 0.2) is 24.3 Å². The Morgan fingerprint density at radius 1 is 0.737 bits per heavy atom. The van der Waals surface area contributed by atoms with E-state index in [0.29, 0.717) is 0 Å². The lowest BCUT2D eigenvalue weighted by Crippen LogP contribution is -1.90.